The fourth-order valence-corrected chi connectivity index (χ4v) is 10.1. The molecule has 1 N–H and O–H groups in total. The average Bonchev–Trinajstić information content (AvgIpc) is 3.53. The highest BCUT2D eigenvalue weighted by molar-refractivity contribution is 5.73. The molecule has 0 bridgehead atoms. The van der Waals surface area contributed by atoms with Crippen LogP contribution in [0.1, 0.15) is 111 Å². The van der Waals surface area contributed by atoms with Crippen LogP contribution < -0.4 is 5.32 Å². The molecule has 9 nitrogen and oxygen atoms in total. The van der Waals surface area contributed by atoms with Crippen LogP contribution in [-0.4, -0.2) is 175 Å². The van der Waals surface area contributed by atoms with Crippen LogP contribution in [0.3, 0.4) is 0 Å². The van der Waals surface area contributed by atoms with Gasteiger partial charge in [0.25, 0.3) is 0 Å². The third-order valence-electron chi connectivity index (χ3n) is 13.8. The second kappa shape index (κ2) is 21.8. The van der Waals surface area contributed by atoms with Crippen molar-refractivity contribution in [3.8, 4) is 0 Å². The van der Waals surface area contributed by atoms with Crippen LogP contribution in [-0.2, 0) is 17.8 Å². The van der Waals surface area contributed by atoms with Gasteiger partial charge in [0.1, 0.15) is 0 Å². The van der Waals surface area contributed by atoms with E-state index in [-0.39, 0.29) is 5.91 Å². The van der Waals surface area contributed by atoms with E-state index >= 15 is 0 Å². The number of piperidine rings is 3. The first-order chi connectivity index (χ1) is 26.0. The summed E-state index contributed by atoms with van der Waals surface area (Å²) in [5.41, 5.74) is 3.12. The molecule has 1 amide bonds. The van der Waals surface area contributed by atoms with Crippen LogP contribution in [0.4, 0.5) is 0 Å². The van der Waals surface area contributed by atoms with Crippen LogP contribution in [0.15, 0.2) is 24.3 Å². The van der Waals surface area contributed by atoms with E-state index in [0.29, 0.717) is 18.1 Å². The highest BCUT2D eigenvalue weighted by Gasteiger charge is 2.32. The maximum Gasteiger partial charge on any atom is 0.217 e. The fourth-order valence-electron chi connectivity index (χ4n) is 10.1. The molecule has 6 heterocycles. The molecule has 6 aliphatic heterocycles. The summed E-state index contributed by atoms with van der Waals surface area (Å²) in [5.74, 6) is 0.108. The summed E-state index contributed by atoms with van der Waals surface area (Å²) >= 11 is 0. The van der Waals surface area contributed by atoms with E-state index in [1.165, 1.54) is 130 Å². The number of rotatable bonds is 7. The highest BCUT2D eigenvalue weighted by Crippen LogP contribution is 2.26. The number of benzene rings is 1. The molecule has 1 aromatic rings. The van der Waals surface area contributed by atoms with Crippen molar-refractivity contribution < 1.29 is 4.79 Å². The lowest BCUT2D eigenvalue weighted by molar-refractivity contribution is -0.119. The molecule has 0 spiro atoms. The molecule has 9 heteroatoms. The number of nitrogens with one attached hydrogen (secondary N) is 1. The van der Waals surface area contributed by atoms with Crippen molar-refractivity contribution >= 4 is 5.91 Å². The van der Waals surface area contributed by atoms with Crippen molar-refractivity contribution in [3.63, 3.8) is 0 Å². The Morgan fingerprint density at radius 2 is 1.07 bits per heavy atom. The molecule has 6 aliphatic rings. The van der Waals surface area contributed by atoms with E-state index in [9.17, 15) is 4.79 Å². The van der Waals surface area contributed by atoms with Crippen LogP contribution in [0.2, 0.25) is 0 Å². The second-order valence-electron chi connectivity index (χ2n) is 18.4. The maximum absolute atomic E-state index is 11.1. The van der Waals surface area contributed by atoms with Gasteiger partial charge in [-0.2, -0.15) is 0 Å². The van der Waals surface area contributed by atoms with Gasteiger partial charge < -0.3 is 24.9 Å². The van der Waals surface area contributed by atoms with Gasteiger partial charge in [-0.3, -0.25) is 19.5 Å². The largest absolute Gasteiger partial charge is 0.352 e. The molecule has 5 saturated heterocycles. The summed E-state index contributed by atoms with van der Waals surface area (Å²) in [6, 6.07) is 13.9. The minimum absolute atomic E-state index is 0.108. The summed E-state index contributed by atoms with van der Waals surface area (Å²) in [6.45, 7) is 32.8. The molecule has 0 aromatic heterocycles. The van der Waals surface area contributed by atoms with Gasteiger partial charge in [0.2, 0.25) is 5.91 Å². The van der Waals surface area contributed by atoms with Crippen molar-refractivity contribution in [1.82, 2.24) is 39.6 Å². The van der Waals surface area contributed by atoms with Crippen LogP contribution in [0.5, 0.6) is 0 Å². The molecular weight excluding hydrogens is 669 g/mol. The Morgan fingerprint density at radius 1 is 0.574 bits per heavy atom. The number of carbonyl (C=O) groups is 1. The topological polar surface area (TPSA) is 51.8 Å². The van der Waals surface area contributed by atoms with Gasteiger partial charge >= 0.3 is 0 Å². The van der Waals surface area contributed by atoms with Gasteiger partial charge in [-0.05, 0) is 170 Å². The van der Waals surface area contributed by atoms with Gasteiger partial charge in [-0.1, -0.05) is 24.3 Å². The Kier molecular flexibility index (Phi) is 17.6. The Hall–Kier alpha value is -1.59. The average molecular weight is 751 g/mol. The first-order valence-electron chi connectivity index (χ1n) is 22.4. The lowest BCUT2D eigenvalue weighted by Gasteiger charge is -2.41. The molecule has 1 atom stereocenters. The Morgan fingerprint density at radius 3 is 1.59 bits per heavy atom. The first kappa shape index (κ1) is 43.5. The maximum atomic E-state index is 11.1. The quantitative estimate of drug-likeness (QED) is 0.394. The van der Waals surface area contributed by atoms with Crippen molar-refractivity contribution in [3.05, 3.63) is 35.4 Å². The van der Waals surface area contributed by atoms with Crippen molar-refractivity contribution in [2.75, 3.05) is 92.1 Å². The normalized spacial score (nSPS) is 25.9. The number of amides is 1. The number of nitrogens with zero attached hydrogens (tertiary/aromatic N) is 7. The van der Waals surface area contributed by atoms with E-state index in [4.69, 9.17) is 0 Å². The van der Waals surface area contributed by atoms with Gasteiger partial charge in [0, 0.05) is 88.5 Å². The van der Waals surface area contributed by atoms with Gasteiger partial charge in [-0.25, -0.2) is 0 Å². The summed E-state index contributed by atoms with van der Waals surface area (Å²) in [5, 5.41) is 3.05. The molecule has 1 aromatic carbocycles. The molecule has 54 heavy (non-hydrogen) atoms. The molecule has 0 aliphatic carbocycles. The SMILES string of the molecule is CC(=O)NC1CCN(C2CCN(C(C)C)CC2)C1.CC(C)N1CCC(N2CCCN(C)CC2)CC1.CC(C)N1CCC(N2CCc3ccccc3C2)CC1. The van der Waals surface area contributed by atoms with Crippen molar-refractivity contribution in [1.29, 1.82) is 0 Å². The van der Waals surface area contributed by atoms with Crippen molar-refractivity contribution in [2.45, 2.75) is 155 Å². The van der Waals surface area contributed by atoms with E-state index in [0.717, 1.165) is 43.7 Å². The zero-order chi connectivity index (χ0) is 38.6. The smallest absolute Gasteiger partial charge is 0.217 e. The van der Waals surface area contributed by atoms with Gasteiger partial charge in [-0.15, -0.1) is 0 Å². The Labute approximate surface area is 332 Å². The zero-order valence-corrected chi connectivity index (χ0v) is 36.2. The molecular formula is C45H82N8O. The lowest BCUT2D eigenvalue weighted by Crippen LogP contribution is -2.48. The van der Waals surface area contributed by atoms with Gasteiger partial charge in [0.05, 0.1) is 0 Å². The van der Waals surface area contributed by atoms with E-state index in [2.05, 4.69) is 112 Å². The van der Waals surface area contributed by atoms with E-state index in [1.807, 2.05) is 0 Å². The lowest BCUT2D eigenvalue weighted by atomic mass is 9.95. The number of likely N-dealkylation sites (N-methyl/N-ethyl adjacent to an activating group) is 1. The number of fused-ring (bicyclic) bond motifs is 1. The fraction of sp³-hybridized carbons (Fsp3) is 0.844. The molecule has 1 unspecified atom stereocenters. The van der Waals surface area contributed by atoms with Crippen molar-refractivity contribution in [2.24, 2.45) is 0 Å². The Balaban J connectivity index is 0.000000156. The van der Waals surface area contributed by atoms with E-state index in [1.54, 1.807) is 18.1 Å². The minimum atomic E-state index is 0.108. The summed E-state index contributed by atoms with van der Waals surface area (Å²) < 4.78 is 0. The summed E-state index contributed by atoms with van der Waals surface area (Å²) in [4.78, 5) is 29.4. The predicted molar refractivity (Wildman–Crippen MR) is 227 cm³/mol. The minimum Gasteiger partial charge on any atom is -0.352 e. The first-order valence-corrected chi connectivity index (χ1v) is 22.4. The second-order valence-corrected chi connectivity index (χ2v) is 18.4. The Bertz CT molecular complexity index is 1220. The van der Waals surface area contributed by atoms with Gasteiger partial charge in [0.15, 0.2) is 0 Å². The van der Waals surface area contributed by atoms with Crippen LogP contribution in [0.25, 0.3) is 0 Å². The zero-order valence-electron chi connectivity index (χ0n) is 36.2. The molecule has 0 saturated carbocycles. The monoisotopic (exact) mass is 751 g/mol. The number of carbonyl (C=O) groups excluding carboxylic acids is 1. The van der Waals surface area contributed by atoms with Crippen LogP contribution in [0, 0.1) is 0 Å². The highest BCUT2D eigenvalue weighted by atomic mass is 16.1. The summed E-state index contributed by atoms with van der Waals surface area (Å²) in [7, 11) is 2.25. The molecule has 5 fully saturated rings. The third kappa shape index (κ3) is 13.2. The standard InChI is InChI=1S/C17H26N2.C14H27N3O.C14H29N3/c1-14(2)18-11-8-17(9-12-18)19-10-7-15-5-3-4-6-16(15)13-19;1-11(2)16-8-5-14(6-9-16)17-7-4-13(10-17)15-12(3)18;1-13(2)16-9-5-14(6-10-16)17-8-4-7-15(3)11-12-17/h3-6,14,17H,7-13H2,1-2H3;11,13-14H,4-10H2,1-3H3,(H,15,18);13-14H,4-12H2,1-3H3. The predicted octanol–water partition coefficient (Wildman–Crippen LogP) is 5.48. The number of hydrogen-bond acceptors (Lipinski definition) is 8. The van der Waals surface area contributed by atoms with E-state index < -0.39 is 0 Å². The molecule has 308 valence electrons. The summed E-state index contributed by atoms with van der Waals surface area (Å²) in [6.07, 6.45) is 11.7. The molecule has 0 radical (unpaired) electrons. The molecule has 7 rings (SSSR count). The third-order valence-corrected chi connectivity index (χ3v) is 13.8. The van der Waals surface area contributed by atoms with Crippen LogP contribution >= 0.6 is 0 Å². The number of hydrogen-bond donors (Lipinski definition) is 1. The number of likely N-dealkylation sites (tertiary alicyclic amines) is 4.